The average molecular weight is 274 g/mol. The van der Waals surface area contributed by atoms with Crippen LogP contribution in [-0.4, -0.2) is 29.6 Å². The number of anilines is 1. The minimum absolute atomic E-state index is 0.214. The first kappa shape index (κ1) is 10.9. The Morgan fingerprint density at radius 3 is 3.07 bits per heavy atom. The topological polar surface area (TPSA) is 23.5 Å². The summed E-state index contributed by atoms with van der Waals surface area (Å²) in [7, 11) is 0. The van der Waals surface area contributed by atoms with Gasteiger partial charge >= 0.3 is 0 Å². The van der Waals surface area contributed by atoms with Crippen molar-refractivity contribution in [3.63, 3.8) is 0 Å². The molecule has 82 valence electrons. The van der Waals surface area contributed by atoms with E-state index in [2.05, 4.69) is 15.9 Å². The molecule has 15 heavy (non-hydrogen) atoms. The van der Waals surface area contributed by atoms with Crippen LogP contribution in [0.15, 0.2) is 18.2 Å². The molecular formula is C11H13BrFNO. The van der Waals surface area contributed by atoms with E-state index in [-0.39, 0.29) is 5.82 Å². The third kappa shape index (κ3) is 2.32. The van der Waals surface area contributed by atoms with Crippen LogP contribution < -0.4 is 4.90 Å². The number of fused-ring (bicyclic) bond motifs is 1. The zero-order valence-corrected chi connectivity index (χ0v) is 9.87. The molecule has 0 fully saturated rings. The van der Waals surface area contributed by atoms with Crippen molar-refractivity contribution in [2.75, 3.05) is 23.3 Å². The number of benzene rings is 1. The molecule has 0 spiro atoms. The van der Waals surface area contributed by atoms with Crippen LogP contribution in [0.25, 0.3) is 0 Å². The van der Waals surface area contributed by atoms with E-state index in [1.807, 2.05) is 11.0 Å². The lowest BCUT2D eigenvalue weighted by molar-refractivity contribution is 0.206. The first-order chi connectivity index (χ1) is 7.20. The number of rotatable bonds is 3. The highest BCUT2D eigenvalue weighted by atomic mass is 79.9. The molecule has 1 unspecified atom stereocenters. The van der Waals surface area contributed by atoms with Crippen LogP contribution in [0.1, 0.15) is 5.56 Å². The number of aliphatic hydroxyl groups excluding tert-OH is 1. The molecule has 0 amide bonds. The monoisotopic (exact) mass is 273 g/mol. The Labute approximate surface area is 96.8 Å². The molecule has 1 heterocycles. The second-order valence-corrected chi connectivity index (χ2v) is 4.42. The van der Waals surface area contributed by atoms with Gasteiger partial charge in [-0.1, -0.05) is 22.0 Å². The van der Waals surface area contributed by atoms with Gasteiger partial charge in [0, 0.05) is 24.1 Å². The van der Waals surface area contributed by atoms with Crippen LogP contribution in [0.3, 0.4) is 0 Å². The molecule has 1 aliphatic heterocycles. The summed E-state index contributed by atoms with van der Waals surface area (Å²) in [6, 6.07) is 4.86. The molecule has 0 radical (unpaired) electrons. The van der Waals surface area contributed by atoms with Gasteiger partial charge in [0.1, 0.15) is 5.82 Å². The van der Waals surface area contributed by atoms with Gasteiger partial charge < -0.3 is 10.0 Å². The smallest absolute Gasteiger partial charge is 0.125 e. The molecular weight excluding hydrogens is 261 g/mol. The van der Waals surface area contributed by atoms with E-state index in [1.54, 1.807) is 6.07 Å². The normalized spacial score (nSPS) is 16.6. The fourth-order valence-corrected chi connectivity index (χ4v) is 2.12. The van der Waals surface area contributed by atoms with Gasteiger partial charge in [0.05, 0.1) is 6.10 Å². The number of hydrogen-bond acceptors (Lipinski definition) is 2. The number of β-amino-alcohol motifs (C(OH)–C–C–N with tert-alkyl or cyclic N) is 1. The number of halogens is 2. The van der Waals surface area contributed by atoms with E-state index >= 15 is 0 Å². The van der Waals surface area contributed by atoms with Crippen molar-refractivity contribution < 1.29 is 9.50 Å². The van der Waals surface area contributed by atoms with Crippen LogP contribution in [0.2, 0.25) is 0 Å². The molecule has 1 aromatic rings. The van der Waals surface area contributed by atoms with Crippen molar-refractivity contribution >= 4 is 21.6 Å². The van der Waals surface area contributed by atoms with Crippen LogP contribution in [-0.2, 0) is 6.42 Å². The third-order valence-corrected chi connectivity index (χ3v) is 3.40. The lowest BCUT2D eigenvalue weighted by atomic mass is 10.2. The second-order valence-electron chi connectivity index (χ2n) is 3.78. The summed E-state index contributed by atoms with van der Waals surface area (Å²) < 4.78 is 13.1. The maximum atomic E-state index is 13.1. The Balaban J connectivity index is 2.16. The Hall–Kier alpha value is -0.610. The maximum Gasteiger partial charge on any atom is 0.125 e. The van der Waals surface area contributed by atoms with Gasteiger partial charge in [-0.15, -0.1) is 0 Å². The fraction of sp³-hybridized carbons (Fsp3) is 0.455. The number of alkyl halides is 1. The standard InChI is InChI=1S/C11H13BrFNO/c12-6-10(15)7-14-4-3-8-1-2-9(13)5-11(8)14/h1-2,5,10,15H,3-4,6-7H2. The summed E-state index contributed by atoms with van der Waals surface area (Å²) >= 11 is 3.23. The molecule has 0 saturated heterocycles. The van der Waals surface area contributed by atoms with Gasteiger partial charge in [0.25, 0.3) is 0 Å². The lowest BCUT2D eigenvalue weighted by Crippen LogP contribution is -2.31. The van der Waals surface area contributed by atoms with E-state index in [9.17, 15) is 9.50 Å². The van der Waals surface area contributed by atoms with Crippen molar-refractivity contribution in [3.05, 3.63) is 29.6 Å². The molecule has 1 N–H and O–H groups in total. The first-order valence-electron chi connectivity index (χ1n) is 4.98. The molecule has 0 aliphatic carbocycles. The highest BCUT2D eigenvalue weighted by molar-refractivity contribution is 9.09. The fourth-order valence-electron chi connectivity index (χ4n) is 1.91. The highest BCUT2D eigenvalue weighted by Crippen LogP contribution is 2.28. The Morgan fingerprint density at radius 2 is 2.33 bits per heavy atom. The van der Waals surface area contributed by atoms with Crippen LogP contribution in [0.4, 0.5) is 10.1 Å². The molecule has 4 heteroatoms. The summed E-state index contributed by atoms with van der Waals surface area (Å²) in [6.07, 6.45) is 0.532. The van der Waals surface area contributed by atoms with E-state index < -0.39 is 6.10 Å². The molecule has 1 atom stereocenters. The van der Waals surface area contributed by atoms with Crippen molar-refractivity contribution in [3.8, 4) is 0 Å². The van der Waals surface area contributed by atoms with Crippen molar-refractivity contribution in [2.24, 2.45) is 0 Å². The quantitative estimate of drug-likeness (QED) is 0.851. The summed E-state index contributed by atoms with van der Waals surface area (Å²) in [4.78, 5) is 2.03. The molecule has 1 aliphatic rings. The van der Waals surface area contributed by atoms with Gasteiger partial charge in [-0.05, 0) is 24.1 Å². The van der Waals surface area contributed by atoms with Gasteiger partial charge in [0.15, 0.2) is 0 Å². The number of aliphatic hydroxyl groups is 1. The zero-order chi connectivity index (χ0) is 10.8. The summed E-state index contributed by atoms with van der Waals surface area (Å²) in [5.74, 6) is -0.214. The first-order valence-corrected chi connectivity index (χ1v) is 6.10. The van der Waals surface area contributed by atoms with Crippen LogP contribution >= 0.6 is 15.9 Å². The van der Waals surface area contributed by atoms with Crippen LogP contribution in [0.5, 0.6) is 0 Å². The minimum Gasteiger partial charge on any atom is -0.390 e. The largest absolute Gasteiger partial charge is 0.390 e. The van der Waals surface area contributed by atoms with Gasteiger partial charge in [-0.2, -0.15) is 0 Å². The van der Waals surface area contributed by atoms with Gasteiger partial charge in [0.2, 0.25) is 0 Å². The summed E-state index contributed by atoms with van der Waals surface area (Å²) in [5.41, 5.74) is 2.09. The Kier molecular flexibility index (Phi) is 3.26. The maximum absolute atomic E-state index is 13.1. The second kappa shape index (κ2) is 4.49. The SMILES string of the molecule is OC(CBr)CN1CCc2ccc(F)cc21. The predicted octanol–water partition coefficient (Wildman–Crippen LogP) is 1.94. The van der Waals surface area contributed by atoms with Gasteiger partial charge in [-0.25, -0.2) is 4.39 Å². The zero-order valence-electron chi connectivity index (χ0n) is 8.29. The highest BCUT2D eigenvalue weighted by Gasteiger charge is 2.21. The third-order valence-electron chi connectivity index (χ3n) is 2.65. The average Bonchev–Trinajstić information content (AvgIpc) is 2.61. The van der Waals surface area contributed by atoms with Crippen LogP contribution in [0, 0.1) is 5.82 Å². The van der Waals surface area contributed by atoms with E-state index in [4.69, 9.17) is 0 Å². The lowest BCUT2D eigenvalue weighted by Gasteiger charge is -2.21. The molecule has 2 nitrogen and oxygen atoms in total. The molecule has 0 aromatic heterocycles. The molecule has 0 bridgehead atoms. The summed E-state index contributed by atoms with van der Waals surface area (Å²) in [6.45, 7) is 1.42. The van der Waals surface area contributed by atoms with Crippen molar-refractivity contribution in [1.29, 1.82) is 0 Å². The molecule has 0 saturated carbocycles. The Morgan fingerprint density at radius 1 is 1.53 bits per heavy atom. The van der Waals surface area contributed by atoms with Crippen molar-refractivity contribution in [2.45, 2.75) is 12.5 Å². The summed E-state index contributed by atoms with van der Waals surface area (Å²) in [5, 5.41) is 10.1. The number of hydrogen-bond donors (Lipinski definition) is 1. The molecule has 2 rings (SSSR count). The van der Waals surface area contributed by atoms with E-state index in [0.29, 0.717) is 11.9 Å². The van der Waals surface area contributed by atoms with E-state index in [0.717, 1.165) is 24.2 Å². The number of nitrogens with zero attached hydrogens (tertiary/aromatic N) is 1. The van der Waals surface area contributed by atoms with E-state index in [1.165, 1.54) is 6.07 Å². The van der Waals surface area contributed by atoms with Gasteiger partial charge in [-0.3, -0.25) is 0 Å². The van der Waals surface area contributed by atoms with Crippen molar-refractivity contribution in [1.82, 2.24) is 0 Å². The Bertz CT molecular complexity index is 358. The predicted molar refractivity (Wildman–Crippen MR) is 62.1 cm³/mol. The molecule has 1 aromatic carbocycles. The minimum atomic E-state index is -0.404.